The van der Waals surface area contributed by atoms with Crippen LogP contribution in [0.3, 0.4) is 0 Å². The fraction of sp³-hybridized carbons (Fsp3) is 0.0667. The summed E-state index contributed by atoms with van der Waals surface area (Å²) >= 11 is 13.4. The molecule has 112 valence electrons. The Balaban J connectivity index is 2.38. The molecule has 4 nitrogen and oxygen atoms in total. The smallest absolute Gasteiger partial charge is 0.328 e. The zero-order valence-electron chi connectivity index (χ0n) is 11.3. The van der Waals surface area contributed by atoms with Crippen molar-refractivity contribution in [3.05, 3.63) is 55.7 Å². The maximum absolute atomic E-state index is 11.2. The summed E-state index contributed by atoms with van der Waals surface area (Å²) in [7, 11) is 1.50. The molecule has 0 aliphatic carbocycles. The predicted molar refractivity (Wildman–Crippen MR) is 88.7 cm³/mol. The quantitative estimate of drug-likeness (QED) is 0.761. The number of ether oxygens (including phenoxy) is 1. The summed E-state index contributed by atoms with van der Waals surface area (Å²) in [5.41, 5.74) is 2.41. The summed E-state index contributed by atoms with van der Waals surface area (Å²) in [5.74, 6) is -0.678. The molecule has 0 atom stereocenters. The summed E-state index contributed by atoms with van der Waals surface area (Å²) in [6, 6.07) is 6.82. The van der Waals surface area contributed by atoms with Crippen LogP contribution in [0.5, 0.6) is 0 Å². The highest BCUT2D eigenvalue weighted by Crippen LogP contribution is 2.42. The average molecular weight is 354 g/mol. The highest BCUT2D eigenvalue weighted by atomic mass is 35.5. The zero-order valence-corrected chi connectivity index (χ0v) is 13.6. The third kappa shape index (κ3) is 2.63. The first-order valence-corrected chi connectivity index (χ1v) is 7.74. The Hall–Kier alpha value is -1.82. The second-order valence-corrected chi connectivity index (χ2v) is 6.59. The number of rotatable bonds is 1. The van der Waals surface area contributed by atoms with Crippen LogP contribution in [0.1, 0.15) is 16.0 Å². The molecule has 3 rings (SSSR count). The van der Waals surface area contributed by atoms with Crippen LogP contribution >= 0.6 is 34.5 Å². The zero-order chi connectivity index (χ0) is 15.9. The molecule has 0 radical (unpaired) electrons. The van der Waals surface area contributed by atoms with E-state index in [4.69, 9.17) is 27.9 Å². The molecular formula is C15H9Cl2NO3S. The van der Waals surface area contributed by atoms with Crippen LogP contribution in [0.2, 0.25) is 9.36 Å². The maximum atomic E-state index is 11.2. The van der Waals surface area contributed by atoms with E-state index >= 15 is 0 Å². The van der Waals surface area contributed by atoms with Gasteiger partial charge in [0.15, 0.2) is 0 Å². The van der Waals surface area contributed by atoms with Gasteiger partial charge in [0.05, 0.1) is 22.7 Å². The fourth-order valence-corrected chi connectivity index (χ4v) is 3.67. The Morgan fingerprint density at radius 2 is 2.09 bits per heavy atom. The first-order valence-electron chi connectivity index (χ1n) is 6.17. The third-order valence-electron chi connectivity index (χ3n) is 3.11. The number of thiophene rings is 1. The van der Waals surface area contributed by atoms with Crippen LogP contribution in [-0.4, -0.2) is 24.1 Å². The van der Waals surface area contributed by atoms with E-state index in [0.717, 1.165) is 6.08 Å². The van der Waals surface area contributed by atoms with Gasteiger partial charge in [0.2, 0.25) is 5.90 Å². The van der Waals surface area contributed by atoms with E-state index in [9.17, 15) is 9.90 Å². The highest BCUT2D eigenvalue weighted by molar-refractivity contribution is 7.17. The molecule has 0 bridgehead atoms. The van der Waals surface area contributed by atoms with Crippen molar-refractivity contribution in [3.63, 3.8) is 0 Å². The molecule has 0 saturated carbocycles. The lowest BCUT2D eigenvalue weighted by atomic mass is 10.0. The molecule has 0 unspecified atom stereocenters. The van der Waals surface area contributed by atoms with Crippen molar-refractivity contribution in [1.29, 1.82) is 0 Å². The van der Waals surface area contributed by atoms with Crippen molar-refractivity contribution in [1.82, 2.24) is 0 Å². The van der Waals surface area contributed by atoms with Crippen molar-refractivity contribution in [3.8, 4) is 0 Å². The number of hydrogen-bond donors (Lipinski definition) is 1. The number of benzene rings is 1. The minimum Gasteiger partial charge on any atom is -0.481 e. The molecule has 2 aromatic rings. The lowest BCUT2D eigenvalue weighted by molar-refractivity contribution is -0.131. The Morgan fingerprint density at radius 3 is 2.77 bits per heavy atom. The molecule has 7 heteroatoms. The number of hydrogen-bond acceptors (Lipinski definition) is 4. The van der Waals surface area contributed by atoms with Crippen molar-refractivity contribution in [2.75, 3.05) is 7.11 Å². The average Bonchev–Trinajstić information content (AvgIpc) is 2.79. The molecule has 2 heterocycles. The van der Waals surface area contributed by atoms with Crippen molar-refractivity contribution < 1.29 is 14.6 Å². The monoisotopic (exact) mass is 353 g/mol. The van der Waals surface area contributed by atoms with Crippen molar-refractivity contribution in [2.24, 2.45) is 4.99 Å². The van der Waals surface area contributed by atoms with Gasteiger partial charge in [-0.05, 0) is 18.2 Å². The first-order chi connectivity index (χ1) is 10.5. The van der Waals surface area contributed by atoms with Crippen molar-refractivity contribution in [2.45, 2.75) is 0 Å². The summed E-state index contributed by atoms with van der Waals surface area (Å²) in [5, 5.41) is 9.70. The molecule has 1 aliphatic heterocycles. The summed E-state index contributed by atoms with van der Waals surface area (Å²) < 4.78 is 5.87. The number of carboxylic acid groups (broad SMARTS) is 1. The molecule has 0 fully saturated rings. The molecule has 1 N–H and O–H groups in total. The van der Waals surface area contributed by atoms with Crippen LogP contribution in [-0.2, 0) is 9.53 Å². The van der Waals surface area contributed by atoms with E-state index in [1.54, 1.807) is 24.3 Å². The molecule has 0 amide bonds. The molecule has 0 spiro atoms. The van der Waals surface area contributed by atoms with Gasteiger partial charge in [-0.25, -0.2) is 9.79 Å². The molecule has 0 saturated heterocycles. The third-order valence-corrected chi connectivity index (χ3v) is 4.64. The van der Waals surface area contributed by atoms with Gasteiger partial charge in [0.1, 0.15) is 0 Å². The van der Waals surface area contributed by atoms with E-state index < -0.39 is 5.97 Å². The van der Waals surface area contributed by atoms with Crippen LogP contribution in [0.15, 0.2) is 35.3 Å². The minimum absolute atomic E-state index is 0.371. The van der Waals surface area contributed by atoms with Crippen LogP contribution in [0.25, 0.3) is 5.57 Å². The van der Waals surface area contributed by atoms with Gasteiger partial charge in [-0.2, -0.15) is 0 Å². The van der Waals surface area contributed by atoms with E-state index in [1.165, 1.54) is 18.4 Å². The van der Waals surface area contributed by atoms with Crippen LogP contribution < -0.4 is 0 Å². The van der Waals surface area contributed by atoms with E-state index in [1.807, 2.05) is 0 Å². The van der Waals surface area contributed by atoms with E-state index in [2.05, 4.69) is 4.99 Å². The standard InChI is InChI=1S/C15H9Cl2NO3S/c1-21-15-10-5-12(17)22-14(10)9(6-13(19)20)8-3-2-7(16)4-11(8)18-15/h2-6H,1H3,(H,19,20)/b9-6-. The molecule has 1 aromatic carbocycles. The topological polar surface area (TPSA) is 58.9 Å². The van der Waals surface area contributed by atoms with Gasteiger partial charge in [0, 0.05) is 27.1 Å². The number of nitrogens with zero attached hydrogens (tertiary/aromatic N) is 1. The molecule has 1 aliphatic rings. The molecule has 1 aromatic heterocycles. The largest absolute Gasteiger partial charge is 0.481 e. The lowest BCUT2D eigenvalue weighted by Crippen LogP contribution is -2.03. The Labute approximate surface area is 140 Å². The highest BCUT2D eigenvalue weighted by Gasteiger charge is 2.25. The van der Waals surface area contributed by atoms with Gasteiger partial charge >= 0.3 is 5.97 Å². The number of carboxylic acids is 1. The van der Waals surface area contributed by atoms with Gasteiger partial charge in [-0.1, -0.05) is 29.3 Å². The summed E-state index contributed by atoms with van der Waals surface area (Å²) in [6.07, 6.45) is 1.15. The number of aliphatic imine (C=N–C) groups is 1. The van der Waals surface area contributed by atoms with Gasteiger partial charge in [-0.3, -0.25) is 0 Å². The predicted octanol–water partition coefficient (Wildman–Crippen LogP) is 4.61. The Morgan fingerprint density at radius 1 is 1.32 bits per heavy atom. The number of fused-ring (bicyclic) bond motifs is 2. The molecule has 22 heavy (non-hydrogen) atoms. The van der Waals surface area contributed by atoms with Crippen LogP contribution in [0.4, 0.5) is 5.69 Å². The normalized spacial score (nSPS) is 14.9. The van der Waals surface area contributed by atoms with Gasteiger partial charge < -0.3 is 9.84 Å². The van der Waals surface area contributed by atoms with E-state index in [0.29, 0.717) is 42.5 Å². The minimum atomic E-state index is -1.05. The van der Waals surface area contributed by atoms with Gasteiger partial charge in [0.25, 0.3) is 0 Å². The number of aliphatic carboxylic acids is 1. The maximum Gasteiger partial charge on any atom is 0.328 e. The number of carbonyl (C=O) groups is 1. The fourth-order valence-electron chi connectivity index (χ4n) is 2.26. The van der Waals surface area contributed by atoms with E-state index in [-0.39, 0.29) is 0 Å². The van der Waals surface area contributed by atoms with Crippen LogP contribution in [0, 0.1) is 0 Å². The summed E-state index contributed by atoms with van der Waals surface area (Å²) in [4.78, 5) is 16.4. The van der Waals surface area contributed by atoms with Crippen molar-refractivity contribution >= 4 is 57.7 Å². The number of methoxy groups -OCH3 is 1. The second kappa shape index (κ2) is 5.76. The second-order valence-electron chi connectivity index (χ2n) is 4.47. The Kier molecular flexibility index (Phi) is 3.95. The Bertz CT molecular complexity index is 839. The first kappa shape index (κ1) is 15.1. The number of halogens is 2. The SMILES string of the molecule is COC1=Nc2cc(Cl)ccc2/C(=C/C(=O)O)c2sc(Cl)cc21. The van der Waals surface area contributed by atoms with Gasteiger partial charge in [-0.15, -0.1) is 11.3 Å². The summed E-state index contributed by atoms with van der Waals surface area (Å²) in [6.45, 7) is 0. The molecular weight excluding hydrogens is 345 g/mol. The lowest BCUT2D eigenvalue weighted by Gasteiger charge is -2.07.